The van der Waals surface area contributed by atoms with Crippen LogP contribution < -0.4 is 4.74 Å². The molecule has 3 atom stereocenters. The Kier molecular flexibility index (Phi) is 8.41. The molecule has 1 amide bonds. The molecule has 0 saturated carbocycles. The molecule has 1 N–H and O–H groups in total. The monoisotopic (exact) mass is 484 g/mol. The second-order valence-electron chi connectivity index (χ2n) is 9.32. The smallest absolute Gasteiger partial charge is 0.308 e. The van der Waals surface area contributed by atoms with E-state index in [0.29, 0.717) is 39.3 Å². The van der Waals surface area contributed by atoms with Gasteiger partial charge in [0.25, 0.3) is 5.91 Å². The highest BCUT2D eigenvalue weighted by Crippen LogP contribution is 2.41. The molecule has 0 spiro atoms. The summed E-state index contributed by atoms with van der Waals surface area (Å²) in [7, 11) is 0. The molecule has 0 bridgehead atoms. The Morgan fingerprint density at radius 1 is 1.29 bits per heavy atom. The number of hydrogen-bond donors (Lipinski definition) is 1. The van der Waals surface area contributed by atoms with Gasteiger partial charge < -0.3 is 9.84 Å². The molecule has 1 aromatic heterocycles. The van der Waals surface area contributed by atoms with Gasteiger partial charge in [-0.05, 0) is 42.5 Å². The number of rotatable bonds is 12. The van der Waals surface area contributed by atoms with Crippen LogP contribution in [0.1, 0.15) is 50.2 Å². The molecule has 3 heterocycles. The maximum Gasteiger partial charge on any atom is 0.308 e. The van der Waals surface area contributed by atoms with E-state index < -0.39 is 11.9 Å². The number of ether oxygens (including phenoxy) is 1. The predicted octanol–water partition coefficient (Wildman–Crippen LogP) is 2.96. The van der Waals surface area contributed by atoms with Crippen molar-refractivity contribution in [2.75, 3.05) is 32.8 Å². The van der Waals surface area contributed by atoms with Crippen LogP contribution in [0.15, 0.2) is 36.7 Å². The minimum atomic E-state index is -0.834. The van der Waals surface area contributed by atoms with Crippen molar-refractivity contribution in [1.29, 1.82) is 0 Å². The summed E-state index contributed by atoms with van der Waals surface area (Å²) in [5.41, 5.74) is 2.12. The van der Waals surface area contributed by atoms with Crippen molar-refractivity contribution >= 4 is 11.9 Å². The van der Waals surface area contributed by atoms with Gasteiger partial charge >= 0.3 is 5.97 Å². The highest BCUT2D eigenvalue weighted by molar-refractivity contribution is 5.78. The lowest BCUT2D eigenvalue weighted by Crippen LogP contribution is -2.44. The van der Waals surface area contributed by atoms with Crippen LogP contribution in [0.25, 0.3) is 0 Å². The fourth-order valence-electron chi connectivity index (χ4n) is 5.24. The minimum absolute atomic E-state index is 0.127. The first-order valence-electron chi connectivity index (χ1n) is 12.6. The Labute approximate surface area is 206 Å². The van der Waals surface area contributed by atoms with Gasteiger partial charge in [-0.25, -0.2) is 5.06 Å². The molecule has 9 nitrogen and oxygen atoms in total. The number of aryl methyl sites for hydroxylation is 1. The van der Waals surface area contributed by atoms with Crippen LogP contribution in [0.3, 0.4) is 0 Å². The molecule has 2 aliphatic rings. The van der Waals surface area contributed by atoms with Gasteiger partial charge in [0.05, 0.1) is 25.7 Å². The number of hydroxylamine groups is 2. The summed E-state index contributed by atoms with van der Waals surface area (Å²) < 4.78 is 7.46. The van der Waals surface area contributed by atoms with E-state index in [9.17, 15) is 14.7 Å². The molecule has 1 saturated heterocycles. The highest BCUT2D eigenvalue weighted by atomic mass is 16.7. The summed E-state index contributed by atoms with van der Waals surface area (Å²) in [4.78, 5) is 33.6. The standard InChI is InChI=1S/C26H36N4O5/c1-3-11-30(35-14-4-2)24(31)18-28-17-21(19-6-7-23-20(16-19)9-15-34-23)25(26(32)33)22(28)8-13-29-12-5-10-27-29/h5-7,10,12,16,21-22,25H,3-4,8-9,11,13-15,17-18H2,1-2H3,(H,32,33)/t21-,22+,25-/m1/s1. The number of carboxylic acid groups (broad SMARTS) is 1. The Balaban J connectivity index is 1.58. The van der Waals surface area contributed by atoms with E-state index in [1.807, 2.05) is 47.8 Å². The lowest BCUT2D eigenvalue weighted by Gasteiger charge is -2.29. The largest absolute Gasteiger partial charge is 0.493 e. The van der Waals surface area contributed by atoms with Crippen LogP contribution in [0, 0.1) is 5.92 Å². The third-order valence-electron chi connectivity index (χ3n) is 6.88. The van der Waals surface area contributed by atoms with Crippen LogP contribution >= 0.6 is 0 Å². The maximum absolute atomic E-state index is 13.2. The molecular weight excluding hydrogens is 448 g/mol. The predicted molar refractivity (Wildman–Crippen MR) is 130 cm³/mol. The van der Waals surface area contributed by atoms with Crippen LogP contribution in [-0.4, -0.2) is 75.6 Å². The van der Waals surface area contributed by atoms with Gasteiger partial charge in [-0.15, -0.1) is 0 Å². The van der Waals surface area contributed by atoms with Gasteiger partial charge in [0.1, 0.15) is 5.75 Å². The zero-order valence-corrected chi connectivity index (χ0v) is 20.6. The van der Waals surface area contributed by atoms with Crippen LogP contribution in [0.2, 0.25) is 0 Å². The first-order chi connectivity index (χ1) is 17.0. The minimum Gasteiger partial charge on any atom is -0.493 e. The molecule has 0 unspecified atom stereocenters. The summed E-state index contributed by atoms with van der Waals surface area (Å²) in [5.74, 6) is -0.930. The van der Waals surface area contributed by atoms with E-state index in [1.165, 1.54) is 5.06 Å². The average molecular weight is 485 g/mol. The number of carbonyl (C=O) groups excluding carboxylic acids is 1. The second-order valence-corrected chi connectivity index (χ2v) is 9.32. The summed E-state index contributed by atoms with van der Waals surface area (Å²) >= 11 is 0. The third-order valence-corrected chi connectivity index (χ3v) is 6.88. The van der Waals surface area contributed by atoms with Gasteiger partial charge in [-0.1, -0.05) is 26.0 Å². The average Bonchev–Trinajstić information content (AvgIpc) is 3.59. The van der Waals surface area contributed by atoms with E-state index in [4.69, 9.17) is 9.57 Å². The number of carboxylic acids is 1. The molecule has 1 aromatic carbocycles. The van der Waals surface area contributed by atoms with Gasteiger partial charge in [0.2, 0.25) is 0 Å². The van der Waals surface area contributed by atoms with E-state index >= 15 is 0 Å². The molecule has 4 rings (SSSR count). The van der Waals surface area contributed by atoms with Crippen molar-refractivity contribution in [3.8, 4) is 5.75 Å². The summed E-state index contributed by atoms with van der Waals surface area (Å²) in [6.07, 6.45) is 6.61. The van der Waals surface area contributed by atoms with Crippen LogP contribution in [-0.2, 0) is 27.4 Å². The molecule has 0 radical (unpaired) electrons. The summed E-state index contributed by atoms with van der Waals surface area (Å²) in [5, 5.41) is 16.1. The Morgan fingerprint density at radius 2 is 2.14 bits per heavy atom. The molecule has 1 fully saturated rings. The SMILES string of the molecule is CCCON(CCC)C(=O)CN1C[C@H](c2ccc3c(c2)CCO3)[C@@H](C(=O)O)[C@@H]1CCn1cccn1. The van der Waals surface area contributed by atoms with Crippen molar-refractivity contribution in [2.24, 2.45) is 5.92 Å². The summed E-state index contributed by atoms with van der Waals surface area (Å²) in [6.45, 7) is 6.87. The van der Waals surface area contributed by atoms with Crippen molar-refractivity contribution in [3.63, 3.8) is 0 Å². The van der Waals surface area contributed by atoms with Gasteiger partial charge in [-0.3, -0.25) is 24.0 Å². The number of aliphatic carboxylic acids is 1. The van der Waals surface area contributed by atoms with Gasteiger partial charge in [-0.2, -0.15) is 5.10 Å². The van der Waals surface area contributed by atoms with E-state index in [-0.39, 0.29) is 24.4 Å². The number of hydrogen-bond acceptors (Lipinski definition) is 6. The van der Waals surface area contributed by atoms with Crippen molar-refractivity contribution in [3.05, 3.63) is 47.8 Å². The normalized spacial score (nSPS) is 21.6. The third kappa shape index (κ3) is 5.85. The highest BCUT2D eigenvalue weighted by Gasteiger charge is 2.47. The first-order valence-corrected chi connectivity index (χ1v) is 12.6. The lowest BCUT2D eigenvalue weighted by molar-refractivity contribution is -0.188. The summed E-state index contributed by atoms with van der Waals surface area (Å²) in [6, 6.07) is 7.57. The maximum atomic E-state index is 13.2. The zero-order chi connectivity index (χ0) is 24.8. The number of carbonyl (C=O) groups is 2. The number of likely N-dealkylation sites (tertiary alicyclic amines) is 1. The van der Waals surface area contributed by atoms with Crippen LogP contribution in [0.4, 0.5) is 0 Å². The molecule has 2 aliphatic heterocycles. The number of fused-ring (bicyclic) bond motifs is 1. The molecule has 0 aliphatic carbocycles. The van der Waals surface area contributed by atoms with E-state index in [0.717, 1.165) is 36.1 Å². The van der Waals surface area contributed by atoms with Gasteiger partial charge in [0.15, 0.2) is 0 Å². The zero-order valence-electron chi connectivity index (χ0n) is 20.6. The molecule has 190 valence electrons. The van der Waals surface area contributed by atoms with E-state index in [2.05, 4.69) is 11.2 Å². The van der Waals surface area contributed by atoms with Crippen LogP contribution in [0.5, 0.6) is 5.75 Å². The Morgan fingerprint density at radius 3 is 2.86 bits per heavy atom. The number of nitrogens with zero attached hydrogens (tertiary/aromatic N) is 4. The molecule has 9 heteroatoms. The topological polar surface area (TPSA) is 97.1 Å². The molecular formula is C26H36N4O5. The van der Waals surface area contributed by atoms with Gasteiger partial charge in [0, 0.05) is 50.4 Å². The van der Waals surface area contributed by atoms with E-state index in [1.54, 1.807) is 6.20 Å². The number of aromatic nitrogens is 2. The second kappa shape index (κ2) is 11.7. The number of amides is 1. The number of benzene rings is 1. The Hall–Kier alpha value is -2.91. The quantitative estimate of drug-likeness (QED) is 0.463. The fourth-order valence-corrected chi connectivity index (χ4v) is 5.24. The first kappa shape index (κ1) is 25.2. The fraction of sp³-hybridized carbons (Fsp3) is 0.577. The molecule has 35 heavy (non-hydrogen) atoms. The Bertz CT molecular complexity index is 996. The lowest BCUT2D eigenvalue weighted by atomic mass is 9.83. The van der Waals surface area contributed by atoms with Crippen molar-refractivity contribution in [1.82, 2.24) is 19.7 Å². The molecule has 2 aromatic rings. The van der Waals surface area contributed by atoms with Crippen molar-refractivity contribution in [2.45, 2.75) is 58.0 Å². The van der Waals surface area contributed by atoms with Crippen molar-refractivity contribution < 1.29 is 24.3 Å².